The van der Waals surface area contributed by atoms with Crippen LogP contribution in [0.4, 0.5) is 10.5 Å². The van der Waals surface area contributed by atoms with E-state index in [1.54, 1.807) is 12.1 Å². The van der Waals surface area contributed by atoms with Crippen molar-refractivity contribution in [3.05, 3.63) is 66.2 Å². The maximum Gasteiger partial charge on any atom is 0.439 e. The van der Waals surface area contributed by atoms with Gasteiger partial charge in [-0.25, -0.2) is 4.79 Å². The van der Waals surface area contributed by atoms with Crippen LogP contribution in [0.1, 0.15) is 26.3 Å². The highest BCUT2D eigenvalue weighted by atomic mass is 16.7. The van der Waals surface area contributed by atoms with E-state index in [1.807, 2.05) is 69.3 Å². The number of carbonyl (C=O) groups excluding carboxylic acids is 1. The van der Waals surface area contributed by atoms with Crippen molar-refractivity contribution in [2.45, 2.75) is 33.0 Å². The first-order valence-electron chi connectivity index (χ1n) is 7.21. The number of rotatable bonds is 4. The highest BCUT2D eigenvalue weighted by Gasteiger charge is 2.24. The van der Waals surface area contributed by atoms with Gasteiger partial charge in [0.1, 0.15) is 12.2 Å². The zero-order valence-corrected chi connectivity index (χ0v) is 13.2. The van der Waals surface area contributed by atoms with Gasteiger partial charge in [-0.2, -0.15) is 5.06 Å². The summed E-state index contributed by atoms with van der Waals surface area (Å²) >= 11 is 0. The molecule has 0 aliphatic carbocycles. The molecule has 0 bridgehead atoms. The van der Waals surface area contributed by atoms with E-state index in [-0.39, 0.29) is 6.61 Å². The molecule has 2 rings (SSSR count). The number of hydrogen-bond donors (Lipinski definition) is 0. The maximum atomic E-state index is 12.4. The number of amides is 1. The molecular formula is C18H21NO3. The van der Waals surface area contributed by atoms with Crippen molar-refractivity contribution < 1.29 is 14.4 Å². The molecule has 0 N–H and O–H groups in total. The molecule has 2 aromatic rings. The number of ether oxygens (including phenoxy) is 1. The van der Waals surface area contributed by atoms with Gasteiger partial charge in [0.25, 0.3) is 0 Å². The van der Waals surface area contributed by atoms with Crippen molar-refractivity contribution in [1.29, 1.82) is 0 Å². The second kappa shape index (κ2) is 7.09. The van der Waals surface area contributed by atoms with Gasteiger partial charge < -0.3 is 4.74 Å². The molecule has 0 radical (unpaired) electrons. The predicted octanol–water partition coefficient (Wildman–Crippen LogP) is 4.56. The Bertz CT molecular complexity index is 591. The van der Waals surface area contributed by atoms with Gasteiger partial charge in [0.2, 0.25) is 0 Å². The topological polar surface area (TPSA) is 38.8 Å². The summed E-state index contributed by atoms with van der Waals surface area (Å²) in [5.41, 5.74) is 1.03. The standard InChI is InChI=1S/C18H21NO3/c1-18(2,3)22-17(20)19(16-12-8-5-9-13-16)21-14-15-10-6-4-7-11-15/h4-13H,14H2,1-3H3. The van der Waals surface area contributed by atoms with Gasteiger partial charge in [0.15, 0.2) is 0 Å². The van der Waals surface area contributed by atoms with Crippen LogP contribution in [0.2, 0.25) is 0 Å². The Kier molecular flexibility index (Phi) is 5.17. The van der Waals surface area contributed by atoms with E-state index in [0.29, 0.717) is 5.69 Å². The average Bonchev–Trinajstić information content (AvgIpc) is 2.48. The second-order valence-electron chi connectivity index (χ2n) is 5.87. The van der Waals surface area contributed by atoms with E-state index < -0.39 is 11.7 Å². The summed E-state index contributed by atoms with van der Waals surface area (Å²) in [7, 11) is 0. The fourth-order valence-corrected chi connectivity index (χ4v) is 1.81. The number of hydroxylamine groups is 1. The molecule has 22 heavy (non-hydrogen) atoms. The van der Waals surface area contributed by atoms with Crippen LogP contribution < -0.4 is 5.06 Å². The number of hydrogen-bond acceptors (Lipinski definition) is 3. The molecule has 0 saturated carbocycles. The Morgan fingerprint density at radius 2 is 1.50 bits per heavy atom. The van der Waals surface area contributed by atoms with Gasteiger partial charge in [-0.3, -0.25) is 4.84 Å². The van der Waals surface area contributed by atoms with E-state index in [1.165, 1.54) is 5.06 Å². The minimum Gasteiger partial charge on any atom is -0.442 e. The highest BCUT2D eigenvalue weighted by molar-refractivity contribution is 5.85. The number of para-hydroxylation sites is 1. The Morgan fingerprint density at radius 1 is 0.955 bits per heavy atom. The first-order valence-corrected chi connectivity index (χ1v) is 7.21. The zero-order chi connectivity index (χ0) is 16.0. The largest absolute Gasteiger partial charge is 0.442 e. The van der Waals surface area contributed by atoms with Crippen LogP contribution in [-0.4, -0.2) is 11.7 Å². The minimum absolute atomic E-state index is 0.287. The van der Waals surface area contributed by atoms with Crippen molar-refractivity contribution in [3.63, 3.8) is 0 Å². The first-order chi connectivity index (χ1) is 10.5. The third-order valence-electron chi connectivity index (χ3n) is 2.75. The summed E-state index contributed by atoms with van der Waals surface area (Å²) < 4.78 is 5.40. The summed E-state index contributed by atoms with van der Waals surface area (Å²) in [6.45, 7) is 5.76. The van der Waals surface area contributed by atoms with Crippen LogP contribution in [0.15, 0.2) is 60.7 Å². The molecule has 2 aromatic carbocycles. The molecule has 0 heterocycles. The summed E-state index contributed by atoms with van der Waals surface area (Å²) in [4.78, 5) is 18.0. The molecule has 0 atom stereocenters. The van der Waals surface area contributed by atoms with Crippen LogP contribution in [0, 0.1) is 0 Å². The van der Waals surface area contributed by atoms with E-state index in [2.05, 4.69) is 0 Å². The van der Waals surface area contributed by atoms with Crippen LogP contribution in [0.25, 0.3) is 0 Å². The molecule has 0 spiro atoms. The number of carbonyl (C=O) groups is 1. The van der Waals surface area contributed by atoms with Gasteiger partial charge >= 0.3 is 6.09 Å². The van der Waals surface area contributed by atoms with Crippen molar-refractivity contribution in [3.8, 4) is 0 Å². The molecule has 0 fully saturated rings. The van der Waals surface area contributed by atoms with Crippen LogP contribution in [0.5, 0.6) is 0 Å². The fourth-order valence-electron chi connectivity index (χ4n) is 1.81. The third-order valence-corrected chi connectivity index (χ3v) is 2.75. The second-order valence-corrected chi connectivity index (χ2v) is 5.87. The van der Waals surface area contributed by atoms with Crippen molar-refractivity contribution >= 4 is 11.8 Å². The fraction of sp³-hybridized carbons (Fsp3) is 0.278. The number of nitrogens with zero attached hydrogens (tertiary/aromatic N) is 1. The lowest BCUT2D eigenvalue weighted by Crippen LogP contribution is -2.36. The smallest absolute Gasteiger partial charge is 0.439 e. The maximum absolute atomic E-state index is 12.4. The summed E-state index contributed by atoms with van der Waals surface area (Å²) in [5.74, 6) is 0. The lowest BCUT2D eigenvalue weighted by Gasteiger charge is -2.26. The highest BCUT2D eigenvalue weighted by Crippen LogP contribution is 2.19. The Morgan fingerprint density at radius 3 is 2.05 bits per heavy atom. The SMILES string of the molecule is CC(C)(C)OC(=O)N(OCc1ccccc1)c1ccccc1. The van der Waals surface area contributed by atoms with Crippen LogP contribution in [-0.2, 0) is 16.2 Å². The molecular weight excluding hydrogens is 278 g/mol. The van der Waals surface area contributed by atoms with E-state index in [9.17, 15) is 4.79 Å². The quantitative estimate of drug-likeness (QED) is 0.777. The lowest BCUT2D eigenvalue weighted by atomic mass is 10.2. The monoisotopic (exact) mass is 299 g/mol. The minimum atomic E-state index is -0.583. The summed E-state index contributed by atoms with van der Waals surface area (Å²) in [6, 6.07) is 18.9. The Balaban J connectivity index is 2.13. The predicted molar refractivity (Wildman–Crippen MR) is 86.4 cm³/mol. The summed E-state index contributed by atoms with van der Waals surface area (Å²) in [6.07, 6.45) is -0.533. The van der Waals surface area contributed by atoms with E-state index in [4.69, 9.17) is 9.57 Å². The van der Waals surface area contributed by atoms with Crippen molar-refractivity contribution in [1.82, 2.24) is 0 Å². The first kappa shape index (κ1) is 16.0. The van der Waals surface area contributed by atoms with E-state index >= 15 is 0 Å². The molecule has 4 nitrogen and oxygen atoms in total. The third kappa shape index (κ3) is 4.90. The molecule has 0 saturated heterocycles. The van der Waals surface area contributed by atoms with Gasteiger partial charge in [0, 0.05) is 0 Å². The van der Waals surface area contributed by atoms with Crippen molar-refractivity contribution in [2.24, 2.45) is 0 Å². The molecule has 0 unspecified atom stereocenters. The van der Waals surface area contributed by atoms with Crippen LogP contribution >= 0.6 is 0 Å². The van der Waals surface area contributed by atoms with Gasteiger partial charge in [-0.1, -0.05) is 48.5 Å². The molecule has 4 heteroatoms. The molecule has 0 aromatic heterocycles. The van der Waals surface area contributed by atoms with E-state index in [0.717, 1.165) is 5.56 Å². The molecule has 0 aliphatic rings. The normalized spacial score (nSPS) is 11.0. The summed E-state index contributed by atoms with van der Waals surface area (Å²) in [5, 5.41) is 1.19. The van der Waals surface area contributed by atoms with Gasteiger partial charge in [-0.05, 0) is 38.5 Å². The number of benzene rings is 2. The van der Waals surface area contributed by atoms with Crippen molar-refractivity contribution in [2.75, 3.05) is 5.06 Å². The lowest BCUT2D eigenvalue weighted by molar-refractivity contribution is 0.0190. The average molecular weight is 299 g/mol. The van der Waals surface area contributed by atoms with Gasteiger partial charge in [-0.15, -0.1) is 0 Å². The Hall–Kier alpha value is -2.33. The molecule has 1 amide bonds. The Labute approximate surface area is 131 Å². The van der Waals surface area contributed by atoms with Crippen LogP contribution in [0.3, 0.4) is 0 Å². The zero-order valence-electron chi connectivity index (χ0n) is 13.2. The molecule has 0 aliphatic heterocycles. The number of anilines is 1. The molecule has 116 valence electrons. The van der Waals surface area contributed by atoms with Gasteiger partial charge in [0.05, 0.1) is 5.69 Å².